The lowest BCUT2D eigenvalue weighted by Crippen LogP contribution is -2.19. The van der Waals surface area contributed by atoms with E-state index < -0.39 is 5.92 Å². The molecule has 0 heterocycles. The summed E-state index contributed by atoms with van der Waals surface area (Å²) in [6.07, 6.45) is 7.11. The fourth-order valence-corrected chi connectivity index (χ4v) is 2.75. The number of rotatable bonds is 9. The first-order valence-corrected chi connectivity index (χ1v) is 8.32. The lowest BCUT2D eigenvalue weighted by molar-refractivity contribution is -0.136. The van der Waals surface area contributed by atoms with Crippen molar-refractivity contribution in [3.8, 4) is 0 Å². The molecule has 1 atom stereocenters. The largest absolute Gasteiger partial charge is 0.528 e. The number of hydrogen-bond donors (Lipinski definition) is 1. The predicted molar refractivity (Wildman–Crippen MR) is 84.8 cm³/mol. The van der Waals surface area contributed by atoms with Gasteiger partial charge in [-0.3, -0.25) is 4.79 Å². The number of unbranched alkanes of at least 4 members (excludes halogenated alkanes) is 4. The van der Waals surface area contributed by atoms with Gasteiger partial charge >= 0.3 is 5.97 Å². The van der Waals surface area contributed by atoms with Gasteiger partial charge in [0.05, 0.1) is 6.61 Å². The first kappa shape index (κ1) is 16.9. The van der Waals surface area contributed by atoms with E-state index in [0.29, 0.717) is 10.5 Å². The molecule has 1 N–H and O–H groups in total. The standard InChI is InChI=1S/C16H26O3Si/c1-2-3-4-5-6-9-13-10-7-8-11-14(13)15(12-17)16(18)19-20/h7-8,10-11,15,17H,2-6,9,12H2,1,20H3. The molecule has 1 unspecified atom stereocenters. The van der Waals surface area contributed by atoms with Crippen LogP contribution in [0, 0.1) is 0 Å². The molecule has 3 nitrogen and oxygen atoms in total. The highest BCUT2D eigenvalue weighted by molar-refractivity contribution is 6.06. The summed E-state index contributed by atoms with van der Waals surface area (Å²) >= 11 is 0. The molecule has 0 fully saturated rings. The Kier molecular flexibility index (Phi) is 8.22. The fourth-order valence-electron chi connectivity index (χ4n) is 2.46. The van der Waals surface area contributed by atoms with E-state index in [1.165, 1.54) is 25.7 Å². The molecule has 112 valence electrons. The molecule has 0 aliphatic heterocycles. The molecule has 1 aromatic carbocycles. The third-order valence-corrected chi connectivity index (χ3v) is 4.05. The summed E-state index contributed by atoms with van der Waals surface area (Å²) < 4.78 is 4.91. The Bertz CT molecular complexity index is 406. The average molecular weight is 294 g/mol. The fraction of sp³-hybridized carbons (Fsp3) is 0.562. The molecule has 4 heteroatoms. The van der Waals surface area contributed by atoms with E-state index in [0.717, 1.165) is 24.0 Å². The maximum absolute atomic E-state index is 11.8. The highest BCUT2D eigenvalue weighted by Gasteiger charge is 2.22. The normalized spacial score (nSPS) is 12.3. The Balaban J connectivity index is 2.69. The van der Waals surface area contributed by atoms with E-state index in [4.69, 9.17) is 4.43 Å². The number of hydrogen-bond acceptors (Lipinski definition) is 3. The van der Waals surface area contributed by atoms with E-state index in [1.807, 2.05) is 18.2 Å². The molecule has 0 aliphatic carbocycles. The van der Waals surface area contributed by atoms with Crippen molar-refractivity contribution in [1.29, 1.82) is 0 Å². The van der Waals surface area contributed by atoms with Crippen LogP contribution >= 0.6 is 0 Å². The van der Waals surface area contributed by atoms with Crippen LogP contribution in [0.1, 0.15) is 56.1 Å². The monoisotopic (exact) mass is 294 g/mol. The molecule has 1 rings (SSSR count). The minimum absolute atomic E-state index is 0.187. The summed E-state index contributed by atoms with van der Waals surface area (Å²) in [6.45, 7) is 2.02. The second kappa shape index (κ2) is 9.72. The summed E-state index contributed by atoms with van der Waals surface area (Å²) in [4.78, 5) is 11.8. The summed E-state index contributed by atoms with van der Waals surface area (Å²) in [5.41, 5.74) is 2.08. The zero-order chi connectivity index (χ0) is 14.8. The van der Waals surface area contributed by atoms with Gasteiger partial charge in [0.15, 0.2) is 0 Å². The van der Waals surface area contributed by atoms with Crippen LogP contribution in [-0.4, -0.2) is 28.2 Å². The smallest absolute Gasteiger partial charge is 0.301 e. The van der Waals surface area contributed by atoms with Gasteiger partial charge in [0.1, 0.15) is 5.92 Å². The Morgan fingerprint density at radius 2 is 1.95 bits per heavy atom. The second-order valence-corrected chi connectivity index (χ2v) is 5.53. The molecule has 0 radical (unpaired) electrons. The van der Waals surface area contributed by atoms with E-state index >= 15 is 0 Å². The van der Waals surface area contributed by atoms with Gasteiger partial charge in [-0.05, 0) is 24.0 Å². The number of carbonyl (C=O) groups excluding carboxylic acids is 1. The van der Waals surface area contributed by atoms with Gasteiger partial charge < -0.3 is 9.53 Å². The van der Waals surface area contributed by atoms with Crippen LogP contribution in [0.2, 0.25) is 0 Å². The number of carbonyl (C=O) groups is 1. The van der Waals surface area contributed by atoms with Gasteiger partial charge in [-0.1, -0.05) is 56.9 Å². The first-order valence-electron chi connectivity index (χ1n) is 7.51. The van der Waals surface area contributed by atoms with E-state index in [9.17, 15) is 9.90 Å². The summed E-state index contributed by atoms with van der Waals surface area (Å²) in [7, 11) is 0.368. The van der Waals surface area contributed by atoms with Gasteiger partial charge in [0, 0.05) is 0 Å². The van der Waals surface area contributed by atoms with Crippen molar-refractivity contribution in [3.05, 3.63) is 35.4 Å². The third-order valence-electron chi connectivity index (χ3n) is 3.65. The predicted octanol–water partition coefficient (Wildman–Crippen LogP) is 2.10. The highest BCUT2D eigenvalue weighted by atomic mass is 28.2. The number of aryl methyl sites for hydroxylation is 1. The average Bonchev–Trinajstić information content (AvgIpc) is 2.49. The van der Waals surface area contributed by atoms with E-state index in [2.05, 4.69) is 13.0 Å². The SMILES string of the molecule is CCCCCCCc1ccccc1C(CO)C(=O)O[SiH3]. The molecule has 0 spiro atoms. The topological polar surface area (TPSA) is 46.5 Å². The minimum Gasteiger partial charge on any atom is -0.528 e. The van der Waals surface area contributed by atoms with Gasteiger partial charge in [-0.25, -0.2) is 0 Å². The van der Waals surface area contributed by atoms with Gasteiger partial charge in [0.25, 0.3) is 0 Å². The van der Waals surface area contributed by atoms with Crippen LogP contribution in [-0.2, 0) is 15.6 Å². The molecule has 0 aliphatic rings. The van der Waals surface area contributed by atoms with E-state index in [1.54, 1.807) is 0 Å². The lowest BCUT2D eigenvalue weighted by Gasteiger charge is -2.17. The molecule has 0 amide bonds. The van der Waals surface area contributed by atoms with Crippen LogP contribution in [0.4, 0.5) is 0 Å². The van der Waals surface area contributed by atoms with E-state index in [-0.39, 0.29) is 12.6 Å². The molecule has 0 saturated carbocycles. The van der Waals surface area contributed by atoms with Crippen LogP contribution in [0.5, 0.6) is 0 Å². The summed E-state index contributed by atoms with van der Waals surface area (Å²) in [5, 5.41) is 9.46. The molecule has 20 heavy (non-hydrogen) atoms. The first-order chi connectivity index (χ1) is 9.74. The maximum atomic E-state index is 11.8. The van der Waals surface area contributed by atoms with Crippen LogP contribution < -0.4 is 0 Å². The lowest BCUT2D eigenvalue weighted by atomic mass is 9.92. The zero-order valence-electron chi connectivity index (χ0n) is 12.6. The highest BCUT2D eigenvalue weighted by Crippen LogP contribution is 2.23. The molecule has 0 aromatic heterocycles. The van der Waals surface area contributed by atoms with Crippen molar-refractivity contribution < 1.29 is 14.3 Å². The van der Waals surface area contributed by atoms with Crippen molar-refractivity contribution in [2.45, 2.75) is 51.4 Å². The van der Waals surface area contributed by atoms with Crippen molar-refractivity contribution in [1.82, 2.24) is 0 Å². The zero-order valence-corrected chi connectivity index (χ0v) is 14.6. The van der Waals surface area contributed by atoms with Crippen LogP contribution in [0.25, 0.3) is 0 Å². The van der Waals surface area contributed by atoms with Crippen LogP contribution in [0.15, 0.2) is 24.3 Å². The third kappa shape index (κ3) is 5.10. The Morgan fingerprint density at radius 3 is 2.60 bits per heavy atom. The molecular weight excluding hydrogens is 268 g/mol. The molecule has 1 aromatic rings. The van der Waals surface area contributed by atoms with Gasteiger partial charge in [-0.2, -0.15) is 0 Å². The Hall–Kier alpha value is -1.13. The Morgan fingerprint density at radius 1 is 1.25 bits per heavy atom. The number of aliphatic hydroxyl groups excluding tert-OH is 1. The van der Waals surface area contributed by atoms with Gasteiger partial charge in [-0.15, -0.1) is 0 Å². The van der Waals surface area contributed by atoms with Crippen LogP contribution in [0.3, 0.4) is 0 Å². The summed E-state index contributed by atoms with van der Waals surface area (Å²) in [6, 6.07) is 7.89. The quantitative estimate of drug-likeness (QED) is 0.560. The maximum Gasteiger partial charge on any atom is 0.301 e. The summed E-state index contributed by atoms with van der Waals surface area (Å²) in [5.74, 6) is -0.836. The van der Waals surface area contributed by atoms with Crippen molar-refractivity contribution in [3.63, 3.8) is 0 Å². The van der Waals surface area contributed by atoms with Crippen molar-refractivity contribution in [2.24, 2.45) is 0 Å². The van der Waals surface area contributed by atoms with Crippen molar-refractivity contribution in [2.75, 3.05) is 6.61 Å². The van der Waals surface area contributed by atoms with Crippen molar-refractivity contribution >= 4 is 16.5 Å². The molecule has 0 bridgehead atoms. The molecule has 0 saturated heterocycles. The number of benzene rings is 1. The Labute approximate surface area is 124 Å². The second-order valence-electron chi connectivity index (χ2n) is 5.12. The van der Waals surface area contributed by atoms with Gasteiger partial charge in [0.2, 0.25) is 10.5 Å². The number of aliphatic hydroxyl groups is 1. The molecular formula is C16H26O3Si. The minimum atomic E-state index is -0.528.